The summed E-state index contributed by atoms with van der Waals surface area (Å²) in [4.78, 5) is 28.6. The Bertz CT molecular complexity index is 969. The van der Waals surface area contributed by atoms with Crippen LogP contribution in [-0.4, -0.2) is 65.4 Å². The number of carbonyl (C=O) groups excluding carboxylic acids is 1. The van der Waals surface area contributed by atoms with E-state index in [-0.39, 0.29) is 11.8 Å². The molecular formula is C25H34N6O. The van der Waals surface area contributed by atoms with Gasteiger partial charge in [-0.3, -0.25) is 9.69 Å². The minimum Gasteiger partial charge on any atom is -0.373 e. The highest BCUT2D eigenvalue weighted by Crippen LogP contribution is 2.32. The van der Waals surface area contributed by atoms with Crippen molar-refractivity contribution in [2.45, 2.75) is 51.6 Å². The number of rotatable bonds is 5. The van der Waals surface area contributed by atoms with E-state index in [0.717, 1.165) is 57.2 Å². The monoisotopic (exact) mass is 434 g/mol. The molecule has 0 bridgehead atoms. The van der Waals surface area contributed by atoms with Crippen LogP contribution in [0.5, 0.6) is 0 Å². The molecule has 1 aromatic heterocycles. The van der Waals surface area contributed by atoms with Crippen LogP contribution in [0.25, 0.3) is 0 Å². The predicted octanol–water partition coefficient (Wildman–Crippen LogP) is 3.01. The number of aromatic nitrogens is 2. The Morgan fingerprint density at radius 3 is 2.69 bits per heavy atom. The quantitative estimate of drug-likeness (QED) is 0.781. The first-order chi connectivity index (χ1) is 15.6. The van der Waals surface area contributed by atoms with Gasteiger partial charge in [-0.15, -0.1) is 0 Å². The topological polar surface area (TPSA) is 64.6 Å². The molecule has 0 unspecified atom stereocenters. The molecule has 5 rings (SSSR count). The summed E-state index contributed by atoms with van der Waals surface area (Å²) in [5, 5.41) is 3.33. The minimum absolute atomic E-state index is 0.143. The van der Waals surface area contributed by atoms with Gasteiger partial charge in [0.15, 0.2) is 0 Å². The van der Waals surface area contributed by atoms with Crippen LogP contribution in [0.4, 0.5) is 11.5 Å². The maximum absolute atomic E-state index is 11.7. The Kier molecular flexibility index (Phi) is 6.00. The fraction of sp³-hybridized carbons (Fsp3) is 0.560. The van der Waals surface area contributed by atoms with E-state index in [2.05, 4.69) is 39.4 Å². The summed E-state index contributed by atoms with van der Waals surface area (Å²) in [6.45, 7) is 8.34. The first kappa shape index (κ1) is 21.2. The van der Waals surface area contributed by atoms with Gasteiger partial charge in [-0.25, -0.2) is 9.97 Å². The van der Waals surface area contributed by atoms with Gasteiger partial charge in [-0.2, -0.15) is 0 Å². The van der Waals surface area contributed by atoms with Crippen molar-refractivity contribution < 1.29 is 4.79 Å². The molecule has 1 atom stereocenters. The van der Waals surface area contributed by atoms with Gasteiger partial charge in [-0.05, 0) is 30.9 Å². The molecule has 0 radical (unpaired) electrons. The maximum Gasteiger partial charge on any atom is 0.219 e. The van der Waals surface area contributed by atoms with Crippen LogP contribution in [-0.2, 0) is 24.3 Å². The number of fused-ring (bicyclic) bond motifs is 1. The van der Waals surface area contributed by atoms with Crippen molar-refractivity contribution in [1.29, 1.82) is 0 Å². The standard InChI is InChI=1S/C25H34N6O/c1-18(32)31-14-9-20(16-31)24-27-22-10-13-29(17-21(22)25(26-2)28-24)15-19-7-3-4-8-23(19)30-11-5-6-12-30/h3-4,7-8,20H,5-6,9-17H2,1-2H3,(H,26,27,28)/t20-/m1/s1. The lowest BCUT2D eigenvalue weighted by atomic mass is 10.0. The molecule has 170 valence electrons. The minimum atomic E-state index is 0.143. The van der Waals surface area contributed by atoms with Gasteiger partial charge < -0.3 is 15.1 Å². The van der Waals surface area contributed by atoms with Gasteiger partial charge in [0.25, 0.3) is 0 Å². The van der Waals surface area contributed by atoms with Crippen LogP contribution in [0, 0.1) is 0 Å². The molecule has 7 nitrogen and oxygen atoms in total. The molecule has 1 N–H and O–H groups in total. The molecule has 7 heteroatoms. The van der Waals surface area contributed by atoms with Crippen molar-refractivity contribution in [3.63, 3.8) is 0 Å². The van der Waals surface area contributed by atoms with E-state index >= 15 is 0 Å². The van der Waals surface area contributed by atoms with Crippen LogP contribution in [0.3, 0.4) is 0 Å². The highest BCUT2D eigenvalue weighted by molar-refractivity contribution is 5.73. The maximum atomic E-state index is 11.7. The van der Waals surface area contributed by atoms with E-state index in [4.69, 9.17) is 9.97 Å². The Labute approximate surface area is 190 Å². The molecule has 0 spiro atoms. The molecule has 2 aromatic rings. The number of nitrogens with zero attached hydrogens (tertiary/aromatic N) is 5. The molecule has 0 aliphatic carbocycles. The molecular weight excluding hydrogens is 400 g/mol. The van der Waals surface area contributed by atoms with Crippen molar-refractivity contribution in [2.24, 2.45) is 0 Å². The summed E-state index contributed by atoms with van der Waals surface area (Å²) in [5.41, 5.74) is 5.21. The van der Waals surface area contributed by atoms with E-state index in [1.807, 2.05) is 11.9 Å². The number of anilines is 2. The van der Waals surface area contributed by atoms with Crippen molar-refractivity contribution in [1.82, 2.24) is 19.8 Å². The third-order valence-corrected chi connectivity index (χ3v) is 7.22. The number of nitrogens with one attached hydrogen (secondary N) is 1. The van der Waals surface area contributed by atoms with Gasteiger partial charge in [0.1, 0.15) is 11.6 Å². The second kappa shape index (κ2) is 9.06. The second-order valence-corrected chi connectivity index (χ2v) is 9.34. The highest BCUT2D eigenvalue weighted by atomic mass is 16.2. The first-order valence-electron chi connectivity index (χ1n) is 12.0. The molecule has 3 aliphatic rings. The summed E-state index contributed by atoms with van der Waals surface area (Å²) in [5.74, 6) is 2.22. The summed E-state index contributed by atoms with van der Waals surface area (Å²) in [7, 11) is 1.95. The Hall–Kier alpha value is -2.67. The lowest BCUT2D eigenvalue weighted by Crippen LogP contribution is -2.33. The van der Waals surface area contributed by atoms with Crippen LogP contribution in [0.1, 0.15) is 54.7 Å². The summed E-state index contributed by atoms with van der Waals surface area (Å²) < 4.78 is 0. The average Bonchev–Trinajstić information content (AvgIpc) is 3.51. The van der Waals surface area contributed by atoms with Crippen molar-refractivity contribution >= 4 is 17.4 Å². The molecule has 4 heterocycles. The molecule has 0 saturated carbocycles. The normalized spacial score (nSPS) is 21.1. The van der Waals surface area contributed by atoms with Crippen molar-refractivity contribution in [3.8, 4) is 0 Å². The van der Waals surface area contributed by atoms with E-state index in [1.54, 1.807) is 6.92 Å². The average molecular weight is 435 g/mol. The summed E-state index contributed by atoms with van der Waals surface area (Å²) in [6, 6.07) is 8.88. The highest BCUT2D eigenvalue weighted by Gasteiger charge is 2.30. The fourth-order valence-corrected chi connectivity index (χ4v) is 5.42. The molecule has 32 heavy (non-hydrogen) atoms. The van der Waals surface area contributed by atoms with Crippen LogP contribution < -0.4 is 10.2 Å². The Morgan fingerprint density at radius 2 is 1.94 bits per heavy atom. The van der Waals surface area contributed by atoms with Gasteiger partial charge >= 0.3 is 0 Å². The lowest BCUT2D eigenvalue weighted by molar-refractivity contribution is -0.127. The number of likely N-dealkylation sites (tertiary alicyclic amines) is 1. The smallest absolute Gasteiger partial charge is 0.219 e. The molecule has 1 aromatic carbocycles. The number of hydrogen-bond acceptors (Lipinski definition) is 6. The zero-order valence-electron chi connectivity index (χ0n) is 19.3. The van der Waals surface area contributed by atoms with Crippen LogP contribution in [0.15, 0.2) is 24.3 Å². The van der Waals surface area contributed by atoms with Crippen molar-refractivity contribution in [2.75, 3.05) is 50.0 Å². The SMILES string of the molecule is CNc1nc([C@@H]2CCN(C(C)=O)C2)nc2c1CN(Cc1ccccc1N1CCCC1)CC2. The third kappa shape index (κ3) is 4.18. The van der Waals surface area contributed by atoms with E-state index in [9.17, 15) is 4.79 Å². The van der Waals surface area contributed by atoms with Crippen molar-refractivity contribution in [3.05, 3.63) is 46.9 Å². The summed E-state index contributed by atoms with van der Waals surface area (Å²) in [6.07, 6.45) is 4.47. The zero-order valence-corrected chi connectivity index (χ0v) is 19.3. The van der Waals surface area contributed by atoms with E-state index in [0.29, 0.717) is 0 Å². The summed E-state index contributed by atoms with van der Waals surface area (Å²) >= 11 is 0. The van der Waals surface area contributed by atoms with Crippen LogP contribution >= 0.6 is 0 Å². The molecule has 2 saturated heterocycles. The number of para-hydroxylation sites is 1. The molecule has 1 amide bonds. The van der Waals surface area contributed by atoms with Crippen LogP contribution in [0.2, 0.25) is 0 Å². The van der Waals surface area contributed by atoms with Gasteiger partial charge in [-0.1, -0.05) is 18.2 Å². The van der Waals surface area contributed by atoms with Gasteiger partial charge in [0.05, 0.1) is 5.69 Å². The Balaban J connectivity index is 1.34. The Morgan fingerprint density at radius 1 is 1.12 bits per heavy atom. The number of hydrogen-bond donors (Lipinski definition) is 1. The number of amides is 1. The largest absolute Gasteiger partial charge is 0.373 e. The second-order valence-electron chi connectivity index (χ2n) is 9.34. The van der Waals surface area contributed by atoms with Gasteiger partial charge in [0, 0.05) is 83.4 Å². The number of benzene rings is 1. The molecule has 2 fully saturated rings. The van der Waals surface area contributed by atoms with E-state index in [1.165, 1.54) is 48.4 Å². The molecule has 3 aliphatic heterocycles. The zero-order chi connectivity index (χ0) is 22.1. The van der Waals surface area contributed by atoms with E-state index < -0.39 is 0 Å². The predicted molar refractivity (Wildman–Crippen MR) is 127 cm³/mol. The lowest BCUT2D eigenvalue weighted by Gasteiger charge is -2.31. The van der Waals surface area contributed by atoms with Gasteiger partial charge in [0.2, 0.25) is 5.91 Å². The third-order valence-electron chi connectivity index (χ3n) is 7.22. The first-order valence-corrected chi connectivity index (χ1v) is 12.0. The fourth-order valence-electron chi connectivity index (χ4n) is 5.42. The number of carbonyl (C=O) groups is 1.